The van der Waals surface area contributed by atoms with Gasteiger partial charge in [0.15, 0.2) is 5.78 Å². The predicted octanol–water partition coefficient (Wildman–Crippen LogP) is 5.87. The first-order valence-corrected chi connectivity index (χ1v) is 15.9. The molecule has 0 unspecified atom stereocenters. The normalized spacial score (nSPS) is 12.0. The number of carbonyl (C=O) groups is 2. The van der Waals surface area contributed by atoms with E-state index in [1.165, 1.54) is 19.2 Å². The van der Waals surface area contributed by atoms with Crippen molar-refractivity contribution >= 4 is 30.9 Å². The summed E-state index contributed by atoms with van der Waals surface area (Å²) < 4.78 is 33.2. The number of para-hydroxylation sites is 1. The molecule has 2 heterocycles. The quantitative estimate of drug-likeness (QED) is 0.201. The monoisotopic (exact) mass is 529 g/mol. The van der Waals surface area contributed by atoms with E-state index in [-0.39, 0.29) is 24.8 Å². The average Bonchev–Trinajstić information content (AvgIpc) is 3.18. The van der Waals surface area contributed by atoms with E-state index in [0.717, 1.165) is 6.04 Å². The molecule has 10 heteroatoms. The number of ketones is 1. The standard InChI is InChI=1S/C27H36FN3O5Si/c1-27(2,3)36-26(33)29-15-22(32)21-11-12-23(34-4)24(30-21)19-16-31(17-35-13-14-37(5,6)7)25-18(19)9-8-10-20(25)28/h8-12,16H,13-15,17H2,1-7H3,(H,29,33). The smallest absolute Gasteiger partial charge is 0.408 e. The van der Waals surface area contributed by atoms with E-state index in [1.807, 2.05) is 0 Å². The number of benzene rings is 1. The summed E-state index contributed by atoms with van der Waals surface area (Å²) in [4.78, 5) is 29.3. The molecule has 0 bridgehead atoms. The zero-order valence-electron chi connectivity index (χ0n) is 22.6. The summed E-state index contributed by atoms with van der Waals surface area (Å²) >= 11 is 0. The van der Waals surface area contributed by atoms with Crippen LogP contribution in [0.1, 0.15) is 31.3 Å². The highest BCUT2D eigenvalue weighted by atomic mass is 28.3. The van der Waals surface area contributed by atoms with Crippen LogP contribution in [0.4, 0.5) is 9.18 Å². The summed E-state index contributed by atoms with van der Waals surface area (Å²) in [5.41, 5.74) is 0.839. The van der Waals surface area contributed by atoms with Crippen LogP contribution in [0, 0.1) is 5.82 Å². The van der Waals surface area contributed by atoms with Crippen molar-refractivity contribution in [2.45, 2.75) is 58.8 Å². The van der Waals surface area contributed by atoms with E-state index in [1.54, 1.807) is 49.7 Å². The SMILES string of the molecule is COc1ccc(C(=O)CNC(=O)OC(C)(C)C)nc1-c1cn(COCC[Si](C)(C)C)c2c(F)cccc12. The summed E-state index contributed by atoms with van der Waals surface area (Å²) in [5, 5.41) is 3.08. The minimum absolute atomic E-state index is 0.135. The zero-order chi connectivity index (χ0) is 27.4. The Hall–Kier alpha value is -3.24. The Labute approximate surface area is 218 Å². The second kappa shape index (κ2) is 11.4. The molecular formula is C27H36FN3O5Si. The first kappa shape index (κ1) is 28.3. The summed E-state index contributed by atoms with van der Waals surface area (Å²) in [6.45, 7) is 12.5. The van der Waals surface area contributed by atoms with Crippen LogP contribution in [0.25, 0.3) is 22.2 Å². The van der Waals surface area contributed by atoms with E-state index >= 15 is 0 Å². The van der Waals surface area contributed by atoms with Crippen LogP contribution in [-0.2, 0) is 16.2 Å². The lowest BCUT2D eigenvalue weighted by molar-refractivity contribution is 0.0520. The number of methoxy groups -OCH3 is 1. The van der Waals surface area contributed by atoms with Crippen molar-refractivity contribution in [2.24, 2.45) is 0 Å². The molecule has 3 rings (SSSR count). The second-order valence-corrected chi connectivity index (χ2v) is 16.6. The maximum Gasteiger partial charge on any atom is 0.408 e. The van der Waals surface area contributed by atoms with Crippen LogP contribution in [0.5, 0.6) is 5.75 Å². The van der Waals surface area contributed by atoms with Gasteiger partial charge in [-0.2, -0.15) is 0 Å². The van der Waals surface area contributed by atoms with Crippen molar-refractivity contribution in [2.75, 3.05) is 20.3 Å². The molecule has 0 atom stereocenters. The number of ether oxygens (including phenoxy) is 3. The van der Waals surface area contributed by atoms with Gasteiger partial charge >= 0.3 is 6.09 Å². The molecule has 0 radical (unpaired) electrons. The average molecular weight is 530 g/mol. The molecule has 0 fully saturated rings. The topological polar surface area (TPSA) is 91.7 Å². The van der Waals surface area contributed by atoms with Crippen molar-refractivity contribution in [3.05, 3.63) is 48.0 Å². The Balaban J connectivity index is 1.91. The highest BCUT2D eigenvalue weighted by molar-refractivity contribution is 6.76. The first-order valence-electron chi connectivity index (χ1n) is 12.2. The van der Waals surface area contributed by atoms with Gasteiger partial charge in [-0.05, 0) is 45.0 Å². The van der Waals surface area contributed by atoms with Crippen molar-refractivity contribution in [1.82, 2.24) is 14.9 Å². The number of aromatic nitrogens is 2. The third kappa shape index (κ3) is 7.62. The molecule has 37 heavy (non-hydrogen) atoms. The fourth-order valence-corrected chi connectivity index (χ4v) is 4.42. The number of nitrogens with one attached hydrogen (secondary N) is 1. The Kier molecular flexibility index (Phi) is 8.75. The second-order valence-electron chi connectivity index (χ2n) is 11.0. The number of fused-ring (bicyclic) bond motifs is 1. The summed E-state index contributed by atoms with van der Waals surface area (Å²) in [6, 6.07) is 8.99. The van der Waals surface area contributed by atoms with E-state index < -0.39 is 25.6 Å². The van der Waals surface area contributed by atoms with Gasteiger partial charge in [0.25, 0.3) is 0 Å². The molecule has 0 aliphatic heterocycles. The maximum absolute atomic E-state index is 14.9. The van der Waals surface area contributed by atoms with Gasteiger partial charge < -0.3 is 24.1 Å². The van der Waals surface area contributed by atoms with Crippen LogP contribution in [0.2, 0.25) is 25.7 Å². The molecule has 1 aromatic carbocycles. The lowest BCUT2D eigenvalue weighted by Crippen LogP contribution is -2.35. The number of Topliss-reactive ketones (excluding diaryl/α,β-unsaturated/α-hetero) is 1. The van der Waals surface area contributed by atoms with Gasteiger partial charge in [-0.1, -0.05) is 31.8 Å². The number of alkyl carbamates (subject to hydrolysis) is 1. The van der Waals surface area contributed by atoms with Crippen molar-refractivity contribution in [3.8, 4) is 17.0 Å². The molecule has 200 valence electrons. The van der Waals surface area contributed by atoms with Crippen LogP contribution in [0.3, 0.4) is 0 Å². The van der Waals surface area contributed by atoms with Crippen LogP contribution < -0.4 is 10.1 Å². The molecule has 8 nitrogen and oxygen atoms in total. The number of nitrogens with zero attached hydrogens (tertiary/aromatic N) is 2. The Morgan fingerprint density at radius 3 is 2.51 bits per heavy atom. The molecular weight excluding hydrogens is 493 g/mol. The lowest BCUT2D eigenvalue weighted by atomic mass is 10.1. The van der Waals surface area contributed by atoms with Crippen LogP contribution in [-0.4, -0.2) is 55.4 Å². The molecule has 1 amide bonds. The van der Waals surface area contributed by atoms with E-state index in [0.29, 0.717) is 34.5 Å². The largest absolute Gasteiger partial charge is 0.494 e. The number of hydrogen-bond donors (Lipinski definition) is 1. The number of amides is 1. The molecule has 2 aromatic heterocycles. The number of carbonyl (C=O) groups excluding carboxylic acids is 2. The van der Waals surface area contributed by atoms with Gasteiger partial charge in [0.1, 0.15) is 35.3 Å². The van der Waals surface area contributed by atoms with Crippen LogP contribution >= 0.6 is 0 Å². The predicted molar refractivity (Wildman–Crippen MR) is 144 cm³/mol. The molecule has 0 saturated carbocycles. The van der Waals surface area contributed by atoms with E-state index in [4.69, 9.17) is 14.2 Å². The number of halogens is 1. The summed E-state index contributed by atoms with van der Waals surface area (Å²) in [5.74, 6) is -0.357. The minimum atomic E-state index is -1.26. The van der Waals surface area contributed by atoms with Crippen molar-refractivity contribution < 1.29 is 28.2 Å². The van der Waals surface area contributed by atoms with Crippen molar-refractivity contribution in [3.63, 3.8) is 0 Å². The Morgan fingerprint density at radius 2 is 1.86 bits per heavy atom. The Morgan fingerprint density at radius 1 is 1.14 bits per heavy atom. The van der Waals surface area contributed by atoms with Gasteiger partial charge in [-0.25, -0.2) is 14.2 Å². The number of pyridine rings is 1. The minimum Gasteiger partial charge on any atom is -0.494 e. The molecule has 0 spiro atoms. The summed E-state index contributed by atoms with van der Waals surface area (Å²) in [7, 11) is 0.241. The van der Waals surface area contributed by atoms with Crippen molar-refractivity contribution in [1.29, 1.82) is 0 Å². The van der Waals surface area contributed by atoms with Gasteiger partial charge in [0, 0.05) is 31.8 Å². The third-order valence-corrected chi connectivity index (χ3v) is 7.19. The highest BCUT2D eigenvalue weighted by Gasteiger charge is 2.21. The van der Waals surface area contributed by atoms with Gasteiger partial charge in [0.05, 0.1) is 19.2 Å². The third-order valence-electron chi connectivity index (χ3n) is 5.49. The van der Waals surface area contributed by atoms with Gasteiger partial charge in [0.2, 0.25) is 0 Å². The molecule has 1 N–H and O–H groups in total. The molecule has 0 saturated heterocycles. The fourth-order valence-electron chi connectivity index (χ4n) is 3.66. The van der Waals surface area contributed by atoms with Gasteiger partial charge in [-0.15, -0.1) is 0 Å². The molecule has 3 aromatic rings. The van der Waals surface area contributed by atoms with E-state index in [2.05, 4.69) is 29.9 Å². The highest BCUT2D eigenvalue weighted by Crippen LogP contribution is 2.36. The molecule has 0 aliphatic carbocycles. The maximum atomic E-state index is 14.9. The fraction of sp³-hybridized carbons (Fsp3) is 0.444. The molecule has 0 aliphatic rings. The Bertz CT molecular complexity index is 1280. The van der Waals surface area contributed by atoms with Gasteiger partial charge in [-0.3, -0.25) is 4.79 Å². The van der Waals surface area contributed by atoms with E-state index in [9.17, 15) is 14.0 Å². The van der Waals surface area contributed by atoms with Crippen LogP contribution in [0.15, 0.2) is 36.5 Å². The zero-order valence-corrected chi connectivity index (χ0v) is 23.6. The summed E-state index contributed by atoms with van der Waals surface area (Å²) in [6.07, 6.45) is 1.07. The first-order chi connectivity index (χ1) is 17.3. The number of hydrogen-bond acceptors (Lipinski definition) is 6. The number of rotatable bonds is 10. The lowest BCUT2D eigenvalue weighted by Gasteiger charge is -2.19.